The molecular weight excluding hydrogens is 436 g/mol. The maximum atomic E-state index is 12.0. The summed E-state index contributed by atoms with van der Waals surface area (Å²) in [5.41, 5.74) is 3.40. The summed E-state index contributed by atoms with van der Waals surface area (Å²) in [6.45, 7) is 3.86. The van der Waals surface area contributed by atoms with Crippen molar-refractivity contribution in [3.8, 4) is 11.4 Å². The molecule has 1 heterocycles. The first-order valence-corrected chi connectivity index (χ1v) is 8.88. The molecule has 0 atom stereocenters. The molecule has 0 aliphatic carbocycles. The van der Waals surface area contributed by atoms with E-state index in [1.807, 2.05) is 62.4 Å². The average Bonchev–Trinajstić information content (AvgIpc) is 2.81. The van der Waals surface area contributed by atoms with Gasteiger partial charge in [-0.3, -0.25) is 0 Å². The van der Waals surface area contributed by atoms with Gasteiger partial charge in [0.1, 0.15) is 22.8 Å². The number of aromatic nitrogens is 2. The highest BCUT2D eigenvalue weighted by molar-refractivity contribution is 9.10. The molecule has 0 fully saturated rings. The highest BCUT2D eigenvalue weighted by Crippen LogP contribution is 2.21. The van der Waals surface area contributed by atoms with Gasteiger partial charge in [-0.05, 0) is 48.5 Å². The molecule has 0 bridgehead atoms. The Hall–Kier alpha value is -1.92. The smallest absolute Gasteiger partial charge is 0.420 e. The quantitative estimate of drug-likeness (QED) is 0.593. The van der Waals surface area contributed by atoms with Crippen LogP contribution < -0.4 is 4.57 Å². The highest BCUT2D eigenvalue weighted by Gasteiger charge is 2.33. The lowest BCUT2D eigenvalue weighted by Crippen LogP contribution is -2.39. The number of hydrogen-bond donors (Lipinski definition) is 1. The summed E-state index contributed by atoms with van der Waals surface area (Å²) >= 11 is 6.82. The summed E-state index contributed by atoms with van der Waals surface area (Å²) in [6, 6.07) is 15.2. The summed E-state index contributed by atoms with van der Waals surface area (Å²) in [4.78, 5) is 12.0. The molecule has 0 radical (unpaired) electrons. The summed E-state index contributed by atoms with van der Waals surface area (Å²) in [7, 11) is 0. The van der Waals surface area contributed by atoms with Crippen molar-refractivity contribution in [1.29, 1.82) is 0 Å². The fourth-order valence-electron chi connectivity index (χ4n) is 2.74. The number of carboxylic acids is 1. The van der Waals surface area contributed by atoms with Crippen molar-refractivity contribution >= 4 is 37.8 Å². The molecule has 0 aliphatic rings. The van der Waals surface area contributed by atoms with Crippen molar-refractivity contribution in [1.82, 2.24) is 4.57 Å². The topological polar surface area (TPSA) is 46.1 Å². The average molecular weight is 451 g/mol. The number of benzene rings is 2. The second-order valence-corrected chi connectivity index (χ2v) is 7.25. The van der Waals surface area contributed by atoms with Gasteiger partial charge in [0, 0.05) is 22.8 Å². The number of aromatic carboxylic acids is 1. The Morgan fingerprint density at radius 2 is 1.46 bits per heavy atom. The number of imidazole rings is 1. The summed E-state index contributed by atoms with van der Waals surface area (Å²) < 4.78 is 5.44. The molecule has 0 saturated heterocycles. The Morgan fingerprint density at radius 3 is 1.96 bits per heavy atom. The molecule has 0 amide bonds. The van der Waals surface area contributed by atoms with E-state index in [0.29, 0.717) is 0 Å². The van der Waals surface area contributed by atoms with Crippen molar-refractivity contribution in [3.63, 3.8) is 0 Å². The van der Waals surface area contributed by atoms with Crippen LogP contribution in [0.4, 0.5) is 0 Å². The van der Waals surface area contributed by atoms with Gasteiger partial charge in [-0.2, -0.15) is 9.13 Å². The van der Waals surface area contributed by atoms with Crippen LogP contribution in [0.1, 0.15) is 22.0 Å². The maximum Gasteiger partial charge on any atom is 0.420 e. The zero-order valence-corrected chi connectivity index (χ0v) is 16.3. The van der Waals surface area contributed by atoms with Gasteiger partial charge in [-0.15, -0.1) is 0 Å². The van der Waals surface area contributed by atoms with E-state index < -0.39 is 5.97 Å². The summed E-state index contributed by atoms with van der Waals surface area (Å²) in [6.07, 6.45) is 0. The van der Waals surface area contributed by atoms with Crippen LogP contribution >= 0.6 is 31.9 Å². The van der Waals surface area contributed by atoms with Crippen LogP contribution in [0.15, 0.2) is 57.5 Å². The minimum Gasteiger partial charge on any atom is -0.472 e. The number of nitrogens with zero attached hydrogens (tertiary/aromatic N) is 2. The molecule has 2 aromatic carbocycles. The van der Waals surface area contributed by atoms with E-state index in [1.165, 1.54) is 0 Å². The van der Waals surface area contributed by atoms with Gasteiger partial charge in [0.2, 0.25) is 0 Å². The maximum absolute atomic E-state index is 12.0. The van der Waals surface area contributed by atoms with Gasteiger partial charge in [-0.25, -0.2) is 4.79 Å². The van der Waals surface area contributed by atoms with Crippen molar-refractivity contribution in [2.24, 2.45) is 0 Å². The van der Waals surface area contributed by atoms with E-state index in [2.05, 4.69) is 31.9 Å². The zero-order valence-electron chi connectivity index (χ0n) is 13.1. The number of hydrogen-bond acceptors (Lipinski definition) is 1. The fourth-order valence-corrected chi connectivity index (χ4v) is 3.27. The fraction of sp³-hybridized carbons (Fsp3) is 0.111. The van der Waals surface area contributed by atoms with E-state index in [1.54, 1.807) is 9.13 Å². The molecule has 0 spiro atoms. The molecule has 3 aromatic rings. The van der Waals surface area contributed by atoms with Gasteiger partial charge in [0.25, 0.3) is 0 Å². The molecule has 0 saturated carbocycles. The lowest BCUT2D eigenvalue weighted by molar-refractivity contribution is -0.604. The predicted octanol–water partition coefficient (Wildman–Crippen LogP) is 4.59. The minimum atomic E-state index is -0.975. The summed E-state index contributed by atoms with van der Waals surface area (Å²) in [5.74, 6) is -0.772. The van der Waals surface area contributed by atoms with E-state index >= 15 is 0 Å². The third-order valence-electron chi connectivity index (χ3n) is 3.98. The standard InChI is InChI=1S/C18H14Br2N2O2/c1-11-12(2)22(16-9-5-14(20)6-10-16)17(18(23)24)21(11)15-7-3-13(19)4-8-15/h3-10H,1-2H3/p+1. The Kier molecular flexibility index (Phi) is 4.60. The molecule has 24 heavy (non-hydrogen) atoms. The molecule has 1 aromatic heterocycles. The lowest BCUT2D eigenvalue weighted by Gasteiger charge is -2.03. The van der Waals surface area contributed by atoms with Gasteiger partial charge >= 0.3 is 11.8 Å². The van der Waals surface area contributed by atoms with Crippen molar-refractivity contribution in [2.45, 2.75) is 13.8 Å². The largest absolute Gasteiger partial charge is 0.472 e. The van der Waals surface area contributed by atoms with Crippen LogP contribution in [0.5, 0.6) is 0 Å². The summed E-state index contributed by atoms with van der Waals surface area (Å²) in [5, 5.41) is 9.86. The first-order valence-electron chi connectivity index (χ1n) is 7.29. The third-order valence-corrected chi connectivity index (χ3v) is 5.04. The zero-order chi connectivity index (χ0) is 17.4. The van der Waals surface area contributed by atoms with Crippen molar-refractivity contribution < 1.29 is 14.5 Å². The van der Waals surface area contributed by atoms with Crippen LogP contribution in [-0.4, -0.2) is 15.6 Å². The van der Waals surface area contributed by atoms with E-state index in [0.717, 1.165) is 31.7 Å². The number of halogens is 2. The normalized spacial score (nSPS) is 10.8. The Balaban J connectivity index is 2.31. The molecule has 0 aliphatic heterocycles. The van der Waals surface area contributed by atoms with Gasteiger partial charge < -0.3 is 5.11 Å². The third kappa shape index (κ3) is 2.91. The first-order chi connectivity index (χ1) is 11.4. The van der Waals surface area contributed by atoms with Gasteiger partial charge in [0.05, 0.1) is 0 Å². The molecule has 0 unspecified atom stereocenters. The van der Waals surface area contributed by atoms with Crippen molar-refractivity contribution in [2.75, 3.05) is 0 Å². The lowest BCUT2D eigenvalue weighted by atomic mass is 10.3. The van der Waals surface area contributed by atoms with Crippen LogP contribution in [-0.2, 0) is 0 Å². The predicted molar refractivity (Wildman–Crippen MR) is 99.1 cm³/mol. The second-order valence-electron chi connectivity index (χ2n) is 5.42. The van der Waals surface area contributed by atoms with E-state index in [-0.39, 0.29) is 5.82 Å². The molecular formula is C18H15Br2N2O2+. The second kappa shape index (κ2) is 6.53. The number of carbonyl (C=O) groups is 1. The Labute approximate surface area is 156 Å². The first kappa shape index (κ1) is 16.9. The number of carboxylic acid groups (broad SMARTS) is 1. The monoisotopic (exact) mass is 449 g/mol. The van der Waals surface area contributed by atoms with Crippen LogP contribution in [0.3, 0.4) is 0 Å². The van der Waals surface area contributed by atoms with E-state index in [4.69, 9.17) is 0 Å². The minimum absolute atomic E-state index is 0.203. The molecule has 4 nitrogen and oxygen atoms in total. The SMILES string of the molecule is Cc1c(C)[n+](-c2ccc(Br)cc2)c(C(=O)O)n1-c1ccc(Br)cc1. The van der Waals surface area contributed by atoms with Crippen LogP contribution in [0, 0.1) is 13.8 Å². The molecule has 122 valence electrons. The van der Waals surface area contributed by atoms with E-state index in [9.17, 15) is 9.90 Å². The van der Waals surface area contributed by atoms with Gasteiger partial charge in [-0.1, -0.05) is 31.9 Å². The van der Waals surface area contributed by atoms with Crippen molar-refractivity contribution in [3.05, 3.63) is 74.7 Å². The molecule has 1 N–H and O–H groups in total. The molecule has 6 heteroatoms. The Morgan fingerprint density at radius 1 is 0.958 bits per heavy atom. The van der Waals surface area contributed by atoms with Crippen LogP contribution in [0.2, 0.25) is 0 Å². The van der Waals surface area contributed by atoms with Gasteiger partial charge in [0.15, 0.2) is 0 Å². The Bertz CT molecular complexity index is 845. The highest BCUT2D eigenvalue weighted by atomic mass is 79.9. The molecule has 3 rings (SSSR count). The van der Waals surface area contributed by atoms with Crippen LogP contribution in [0.25, 0.3) is 11.4 Å². The number of rotatable bonds is 3.